The minimum absolute atomic E-state index is 0.00123. The molecule has 1 N–H and O–H groups in total. The Morgan fingerprint density at radius 1 is 1.21 bits per heavy atom. The van der Waals surface area contributed by atoms with E-state index in [1.807, 2.05) is 0 Å². The molecule has 1 amide bonds. The van der Waals surface area contributed by atoms with Gasteiger partial charge in [-0.3, -0.25) is 14.9 Å². The second-order valence-electron chi connectivity index (χ2n) is 4.60. The molecule has 0 heterocycles. The summed E-state index contributed by atoms with van der Waals surface area (Å²) >= 11 is 11.7. The summed E-state index contributed by atoms with van der Waals surface area (Å²) in [5.74, 6) is -0.678. The summed E-state index contributed by atoms with van der Waals surface area (Å²) in [5.41, 5.74) is 0.451. The highest BCUT2D eigenvalue weighted by molar-refractivity contribution is 6.34. The number of nitro groups is 1. The van der Waals surface area contributed by atoms with Crippen LogP contribution in [-0.2, 0) is 4.79 Å². The van der Waals surface area contributed by atoms with E-state index in [1.165, 1.54) is 18.2 Å². The lowest BCUT2D eigenvalue weighted by Crippen LogP contribution is -2.13. The van der Waals surface area contributed by atoms with E-state index in [2.05, 4.69) is 5.32 Å². The van der Waals surface area contributed by atoms with Crippen molar-refractivity contribution in [3.8, 4) is 6.07 Å². The average Bonchev–Trinajstić information content (AvgIpc) is 2.55. The van der Waals surface area contributed by atoms with Gasteiger partial charge in [0.25, 0.3) is 11.6 Å². The predicted molar refractivity (Wildman–Crippen MR) is 91.8 cm³/mol. The van der Waals surface area contributed by atoms with Crippen LogP contribution in [0.2, 0.25) is 10.0 Å². The minimum Gasteiger partial charge on any atom is -0.320 e. The number of hydrogen-bond donors (Lipinski definition) is 1. The van der Waals surface area contributed by atoms with Crippen molar-refractivity contribution in [2.45, 2.75) is 0 Å². The summed E-state index contributed by atoms with van der Waals surface area (Å²) in [5, 5.41) is 22.8. The summed E-state index contributed by atoms with van der Waals surface area (Å²) in [6, 6.07) is 12.0. The van der Waals surface area contributed by atoms with Gasteiger partial charge in [-0.05, 0) is 29.8 Å². The quantitative estimate of drug-likeness (QED) is 0.376. The van der Waals surface area contributed by atoms with Gasteiger partial charge in [-0.1, -0.05) is 35.3 Å². The molecule has 0 unspecified atom stereocenters. The number of halogens is 2. The fourth-order valence-corrected chi connectivity index (χ4v) is 2.13. The monoisotopic (exact) mass is 361 g/mol. The molecule has 0 aromatic heterocycles. The summed E-state index contributed by atoms with van der Waals surface area (Å²) < 4.78 is 0. The maximum atomic E-state index is 12.2. The highest BCUT2D eigenvalue weighted by Crippen LogP contribution is 2.27. The Balaban J connectivity index is 2.22. The number of nitrogens with one attached hydrogen (secondary N) is 1. The number of nitriles is 1. The summed E-state index contributed by atoms with van der Waals surface area (Å²) in [6.07, 6.45) is 1.39. The number of benzene rings is 2. The summed E-state index contributed by atoms with van der Waals surface area (Å²) in [6.45, 7) is 0. The molecule has 6 nitrogen and oxygen atoms in total. The SMILES string of the molecule is N#CC(=Cc1ccc(Cl)cc1)C(=O)Nc1ccc([N+](=O)[O-])cc1Cl. The first-order chi connectivity index (χ1) is 11.4. The zero-order valence-electron chi connectivity index (χ0n) is 12.0. The largest absolute Gasteiger partial charge is 0.320 e. The third-order valence-corrected chi connectivity index (χ3v) is 3.52. The van der Waals surface area contributed by atoms with Gasteiger partial charge in [0.2, 0.25) is 0 Å². The van der Waals surface area contributed by atoms with Crippen molar-refractivity contribution in [2.75, 3.05) is 5.32 Å². The molecule has 0 spiro atoms. The molecule has 0 saturated heterocycles. The highest BCUT2D eigenvalue weighted by atomic mass is 35.5. The maximum absolute atomic E-state index is 12.2. The second kappa shape index (κ2) is 7.59. The number of nitrogens with zero attached hydrogens (tertiary/aromatic N) is 2. The van der Waals surface area contributed by atoms with Crippen LogP contribution >= 0.6 is 23.2 Å². The van der Waals surface area contributed by atoms with E-state index in [9.17, 15) is 14.9 Å². The van der Waals surface area contributed by atoms with Crippen molar-refractivity contribution in [1.29, 1.82) is 5.26 Å². The van der Waals surface area contributed by atoms with Crippen molar-refractivity contribution in [1.82, 2.24) is 0 Å². The van der Waals surface area contributed by atoms with Crippen molar-refractivity contribution >= 4 is 46.6 Å². The van der Waals surface area contributed by atoms with Crippen LogP contribution in [0.15, 0.2) is 48.0 Å². The van der Waals surface area contributed by atoms with Crippen molar-refractivity contribution in [3.05, 3.63) is 73.8 Å². The smallest absolute Gasteiger partial charge is 0.271 e. The Morgan fingerprint density at radius 2 is 1.88 bits per heavy atom. The molecule has 0 atom stereocenters. The molecule has 2 aromatic rings. The second-order valence-corrected chi connectivity index (χ2v) is 5.44. The van der Waals surface area contributed by atoms with Gasteiger partial charge in [-0.2, -0.15) is 5.26 Å². The maximum Gasteiger partial charge on any atom is 0.271 e. The molecule has 0 aliphatic rings. The first-order valence-corrected chi connectivity index (χ1v) is 7.29. The van der Waals surface area contributed by atoms with Gasteiger partial charge in [0.15, 0.2) is 0 Å². The van der Waals surface area contributed by atoms with Crippen molar-refractivity contribution < 1.29 is 9.72 Å². The van der Waals surface area contributed by atoms with Gasteiger partial charge in [0.05, 0.1) is 15.6 Å². The number of carbonyl (C=O) groups excluding carboxylic acids is 1. The van der Waals surface area contributed by atoms with E-state index in [0.29, 0.717) is 10.6 Å². The normalized spacial score (nSPS) is 10.8. The molecule has 0 fully saturated rings. The van der Waals surface area contributed by atoms with E-state index >= 15 is 0 Å². The third-order valence-electron chi connectivity index (χ3n) is 2.96. The number of non-ortho nitro benzene ring substituents is 1. The summed E-state index contributed by atoms with van der Waals surface area (Å²) in [7, 11) is 0. The Kier molecular flexibility index (Phi) is 5.53. The van der Waals surface area contributed by atoms with Gasteiger partial charge in [-0.15, -0.1) is 0 Å². The van der Waals surface area contributed by atoms with Crippen LogP contribution in [0.3, 0.4) is 0 Å². The zero-order valence-corrected chi connectivity index (χ0v) is 13.5. The lowest BCUT2D eigenvalue weighted by atomic mass is 10.1. The number of hydrogen-bond acceptors (Lipinski definition) is 4. The van der Waals surface area contributed by atoms with Gasteiger partial charge >= 0.3 is 0 Å². The van der Waals surface area contributed by atoms with Crippen LogP contribution in [0, 0.1) is 21.4 Å². The molecular weight excluding hydrogens is 353 g/mol. The molecule has 120 valence electrons. The molecule has 0 bridgehead atoms. The number of amides is 1. The Bertz CT molecular complexity index is 871. The molecule has 0 saturated carbocycles. The third kappa shape index (κ3) is 4.32. The molecule has 0 radical (unpaired) electrons. The first kappa shape index (κ1) is 17.5. The van der Waals surface area contributed by atoms with Gasteiger partial charge in [0, 0.05) is 17.2 Å². The highest BCUT2D eigenvalue weighted by Gasteiger charge is 2.14. The van der Waals surface area contributed by atoms with Crippen molar-refractivity contribution in [3.63, 3.8) is 0 Å². The standard InChI is InChI=1S/C16H9Cl2N3O3/c17-12-3-1-10(2-4-12)7-11(9-19)16(22)20-15-6-5-13(21(23)24)8-14(15)18/h1-8H,(H,20,22). The molecule has 2 rings (SSSR count). The lowest BCUT2D eigenvalue weighted by Gasteiger charge is -2.06. The molecule has 0 aliphatic heterocycles. The zero-order chi connectivity index (χ0) is 17.7. The van der Waals surface area contributed by atoms with E-state index in [-0.39, 0.29) is 22.0 Å². The molecule has 8 heteroatoms. The fourth-order valence-electron chi connectivity index (χ4n) is 1.78. The number of anilines is 1. The van der Waals surface area contributed by atoms with Crippen LogP contribution in [0.5, 0.6) is 0 Å². The van der Waals surface area contributed by atoms with Crippen LogP contribution in [0.25, 0.3) is 6.08 Å². The summed E-state index contributed by atoms with van der Waals surface area (Å²) in [4.78, 5) is 22.2. The average molecular weight is 362 g/mol. The Morgan fingerprint density at radius 3 is 2.42 bits per heavy atom. The van der Waals surface area contributed by atoms with Crippen LogP contribution in [-0.4, -0.2) is 10.8 Å². The number of rotatable bonds is 4. The van der Waals surface area contributed by atoms with E-state index in [1.54, 1.807) is 30.3 Å². The molecule has 2 aromatic carbocycles. The molecular formula is C16H9Cl2N3O3. The van der Waals surface area contributed by atoms with E-state index in [0.717, 1.165) is 6.07 Å². The van der Waals surface area contributed by atoms with Crippen LogP contribution in [0.1, 0.15) is 5.56 Å². The number of carbonyl (C=O) groups is 1. The van der Waals surface area contributed by atoms with Gasteiger partial charge < -0.3 is 5.32 Å². The topological polar surface area (TPSA) is 96.0 Å². The minimum atomic E-state index is -0.678. The van der Waals surface area contributed by atoms with Gasteiger partial charge in [0.1, 0.15) is 11.6 Å². The lowest BCUT2D eigenvalue weighted by molar-refractivity contribution is -0.384. The predicted octanol–water partition coefficient (Wildman–Crippen LogP) is 4.45. The fraction of sp³-hybridized carbons (Fsp3) is 0. The number of nitro benzene ring substituents is 1. The van der Waals surface area contributed by atoms with Gasteiger partial charge in [-0.25, -0.2) is 0 Å². The Labute approximate surface area is 147 Å². The molecule has 24 heavy (non-hydrogen) atoms. The Hall–Kier alpha value is -2.88. The van der Waals surface area contributed by atoms with Crippen LogP contribution in [0.4, 0.5) is 11.4 Å². The first-order valence-electron chi connectivity index (χ1n) is 6.53. The van der Waals surface area contributed by atoms with Crippen LogP contribution < -0.4 is 5.32 Å². The van der Waals surface area contributed by atoms with Crippen molar-refractivity contribution in [2.24, 2.45) is 0 Å². The molecule has 0 aliphatic carbocycles. The van der Waals surface area contributed by atoms with E-state index in [4.69, 9.17) is 28.5 Å². The van der Waals surface area contributed by atoms with E-state index < -0.39 is 10.8 Å².